The average Bonchev–Trinajstić information content (AvgIpc) is 3.10. The summed E-state index contributed by atoms with van der Waals surface area (Å²) >= 11 is 0. The van der Waals surface area contributed by atoms with E-state index in [2.05, 4.69) is 10.6 Å². The van der Waals surface area contributed by atoms with Gasteiger partial charge < -0.3 is 21.1 Å². The number of benzene rings is 2. The highest BCUT2D eigenvalue weighted by Crippen LogP contribution is 2.28. The predicted molar refractivity (Wildman–Crippen MR) is 107 cm³/mol. The smallest absolute Gasteiger partial charge is 0.265 e. The molecule has 6 nitrogen and oxygen atoms in total. The maximum absolute atomic E-state index is 12.5. The zero-order chi connectivity index (χ0) is 18.5. The molecule has 7 heteroatoms. The zero-order valence-corrected chi connectivity index (χ0v) is 15.9. The van der Waals surface area contributed by atoms with Crippen LogP contribution in [-0.4, -0.2) is 31.0 Å². The number of amides is 2. The SMILES string of the molecule is CC(CN)CNC(=O)c1cccc(NC(=O)C2Cc3ccccc3O2)c1.Cl. The molecule has 2 aromatic carbocycles. The Labute approximate surface area is 164 Å². The fourth-order valence-corrected chi connectivity index (χ4v) is 2.74. The summed E-state index contributed by atoms with van der Waals surface area (Å²) in [4.78, 5) is 24.7. The van der Waals surface area contributed by atoms with Gasteiger partial charge in [0.05, 0.1) is 0 Å². The monoisotopic (exact) mass is 389 g/mol. The van der Waals surface area contributed by atoms with Crippen LogP contribution in [0.3, 0.4) is 0 Å². The maximum Gasteiger partial charge on any atom is 0.265 e. The Hall–Kier alpha value is -2.57. The van der Waals surface area contributed by atoms with E-state index in [0.717, 1.165) is 11.3 Å². The number of nitrogens with two attached hydrogens (primary N) is 1. The third-order valence-electron chi connectivity index (χ3n) is 4.35. The molecule has 2 unspecified atom stereocenters. The van der Waals surface area contributed by atoms with Gasteiger partial charge in [-0.3, -0.25) is 9.59 Å². The molecule has 27 heavy (non-hydrogen) atoms. The number of para-hydroxylation sites is 1. The van der Waals surface area contributed by atoms with Gasteiger partial charge in [0.1, 0.15) is 5.75 Å². The Balaban J connectivity index is 0.00000261. The minimum absolute atomic E-state index is 0. The van der Waals surface area contributed by atoms with Crippen molar-refractivity contribution in [3.05, 3.63) is 59.7 Å². The summed E-state index contributed by atoms with van der Waals surface area (Å²) in [6.45, 7) is 3.00. The third-order valence-corrected chi connectivity index (χ3v) is 4.35. The van der Waals surface area contributed by atoms with E-state index in [-0.39, 0.29) is 30.1 Å². The molecule has 2 aromatic rings. The molecule has 3 rings (SSSR count). The van der Waals surface area contributed by atoms with Crippen LogP contribution in [0.15, 0.2) is 48.5 Å². The lowest BCUT2D eigenvalue weighted by Crippen LogP contribution is -2.32. The van der Waals surface area contributed by atoms with Gasteiger partial charge >= 0.3 is 0 Å². The first-order valence-corrected chi connectivity index (χ1v) is 8.70. The Morgan fingerprint density at radius 2 is 2.00 bits per heavy atom. The van der Waals surface area contributed by atoms with E-state index < -0.39 is 6.10 Å². The van der Waals surface area contributed by atoms with Crippen LogP contribution in [0.1, 0.15) is 22.8 Å². The molecule has 0 saturated carbocycles. The van der Waals surface area contributed by atoms with Crippen LogP contribution in [0.25, 0.3) is 0 Å². The molecule has 0 aliphatic carbocycles. The number of ether oxygens (including phenoxy) is 1. The van der Waals surface area contributed by atoms with E-state index in [1.54, 1.807) is 24.3 Å². The molecular weight excluding hydrogens is 366 g/mol. The summed E-state index contributed by atoms with van der Waals surface area (Å²) in [5.41, 5.74) is 7.63. The first-order valence-electron chi connectivity index (χ1n) is 8.70. The van der Waals surface area contributed by atoms with Crippen molar-refractivity contribution in [2.24, 2.45) is 11.7 Å². The number of hydrogen-bond donors (Lipinski definition) is 3. The van der Waals surface area contributed by atoms with E-state index in [1.807, 2.05) is 31.2 Å². The van der Waals surface area contributed by atoms with E-state index in [4.69, 9.17) is 10.5 Å². The van der Waals surface area contributed by atoms with Gasteiger partial charge in [-0.1, -0.05) is 31.2 Å². The van der Waals surface area contributed by atoms with Crippen LogP contribution in [0.4, 0.5) is 5.69 Å². The lowest BCUT2D eigenvalue weighted by atomic mass is 10.1. The fourth-order valence-electron chi connectivity index (χ4n) is 2.74. The normalized spacial score (nSPS) is 15.7. The number of fused-ring (bicyclic) bond motifs is 1. The second-order valence-electron chi connectivity index (χ2n) is 6.54. The van der Waals surface area contributed by atoms with Crippen LogP contribution < -0.4 is 21.1 Å². The van der Waals surface area contributed by atoms with Crippen molar-refractivity contribution in [3.8, 4) is 5.75 Å². The highest BCUT2D eigenvalue weighted by atomic mass is 35.5. The average molecular weight is 390 g/mol. The van der Waals surface area contributed by atoms with E-state index in [0.29, 0.717) is 30.8 Å². The molecule has 144 valence electrons. The van der Waals surface area contributed by atoms with E-state index in [1.165, 1.54) is 0 Å². The molecule has 0 fully saturated rings. The number of halogens is 1. The van der Waals surface area contributed by atoms with Gasteiger partial charge in [-0.15, -0.1) is 12.4 Å². The Morgan fingerprint density at radius 3 is 2.74 bits per heavy atom. The summed E-state index contributed by atoms with van der Waals surface area (Å²) in [7, 11) is 0. The molecule has 0 radical (unpaired) electrons. The van der Waals surface area contributed by atoms with Crippen molar-refractivity contribution in [1.82, 2.24) is 5.32 Å². The van der Waals surface area contributed by atoms with Crippen LogP contribution >= 0.6 is 12.4 Å². The van der Waals surface area contributed by atoms with Crippen LogP contribution in [0.2, 0.25) is 0 Å². The Kier molecular flexibility index (Phi) is 7.21. The van der Waals surface area contributed by atoms with Gasteiger partial charge in [-0.05, 0) is 42.3 Å². The molecule has 4 N–H and O–H groups in total. The number of carbonyl (C=O) groups is 2. The summed E-state index contributed by atoms with van der Waals surface area (Å²) < 4.78 is 5.69. The second-order valence-corrected chi connectivity index (χ2v) is 6.54. The lowest BCUT2D eigenvalue weighted by molar-refractivity contribution is -0.122. The standard InChI is InChI=1S/C20H23N3O3.ClH/c1-13(11-21)12-22-19(24)15-6-4-7-16(9-15)23-20(25)18-10-14-5-2-3-8-17(14)26-18;/h2-9,13,18H,10-12,21H2,1H3,(H,22,24)(H,23,25);1H. The fraction of sp³-hybridized carbons (Fsp3) is 0.300. The van der Waals surface area contributed by atoms with Gasteiger partial charge in [0.2, 0.25) is 0 Å². The highest BCUT2D eigenvalue weighted by Gasteiger charge is 2.28. The Morgan fingerprint density at radius 1 is 1.22 bits per heavy atom. The lowest BCUT2D eigenvalue weighted by Gasteiger charge is -2.13. The summed E-state index contributed by atoms with van der Waals surface area (Å²) in [5, 5.41) is 5.67. The predicted octanol–water partition coefficient (Wildman–Crippen LogP) is 2.38. The molecule has 0 saturated heterocycles. The molecule has 1 aliphatic rings. The highest BCUT2D eigenvalue weighted by molar-refractivity contribution is 5.98. The number of rotatable bonds is 6. The first kappa shape index (κ1) is 20.7. The summed E-state index contributed by atoms with van der Waals surface area (Å²) in [6, 6.07) is 14.5. The zero-order valence-electron chi connectivity index (χ0n) is 15.1. The summed E-state index contributed by atoms with van der Waals surface area (Å²) in [6.07, 6.45) is -0.0191. The van der Waals surface area contributed by atoms with Gasteiger partial charge in [0.15, 0.2) is 6.10 Å². The number of hydrogen-bond acceptors (Lipinski definition) is 4. The molecule has 1 heterocycles. The number of carbonyl (C=O) groups excluding carboxylic acids is 2. The molecule has 0 bridgehead atoms. The van der Waals surface area contributed by atoms with Gasteiger partial charge in [0.25, 0.3) is 11.8 Å². The van der Waals surface area contributed by atoms with E-state index >= 15 is 0 Å². The minimum Gasteiger partial charge on any atom is -0.480 e. The number of anilines is 1. The van der Waals surface area contributed by atoms with Crippen molar-refractivity contribution >= 4 is 29.9 Å². The third kappa shape index (κ3) is 5.21. The van der Waals surface area contributed by atoms with Crippen molar-refractivity contribution in [1.29, 1.82) is 0 Å². The summed E-state index contributed by atoms with van der Waals surface area (Å²) in [5.74, 6) is 0.541. The van der Waals surface area contributed by atoms with Crippen LogP contribution in [0, 0.1) is 5.92 Å². The largest absolute Gasteiger partial charge is 0.480 e. The molecule has 2 atom stereocenters. The van der Waals surface area contributed by atoms with Crippen LogP contribution in [0.5, 0.6) is 5.75 Å². The van der Waals surface area contributed by atoms with Crippen molar-refractivity contribution in [2.45, 2.75) is 19.4 Å². The topological polar surface area (TPSA) is 93.5 Å². The quantitative estimate of drug-likeness (QED) is 0.707. The van der Waals surface area contributed by atoms with Crippen molar-refractivity contribution < 1.29 is 14.3 Å². The van der Waals surface area contributed by atoms with Crippen molar-refractivity contribution in [2.75, 3.05) is 18.4 Å². The van der Waals surface area contributed by atoms with Gasteiger partial charge in [-0.25, -0.2) is 0 Å². The molecule has 0 spiro atoms. The molecule has 2 amide bonds. The van der Waals surface area contributed by atoms with Crippen molar-refractivity contribution in [3.63, 3.8) is 0 Å². The maximum atomic E-state index is 12.5. The molecule has 1 aliphatic heterocycles. The van der Waals surface area contributed by atoms with E-state index in [9.17, 15) is 9.59 Å². The molecule has 0 aromatic heterocycles. The first-order chi connectivity index (χ1) is 12.6. The minimum atomic E-state index is -0.560. The Bertz CT molecular complexity index is 788. The van der Waals surface area contributed by atoms with Gasteiger partial charge in [0, 0.05) is 24.2 Å². The molecular formula is C20H24ClN3O3. The van der Waals surface area contributed by atoms with Gasteiger partial charge in [-0.2, -0.15) is 0 Å². The van der Waals surface area contributed by atoms with Crippen LogP contribution in [-0.2, 0) is 11.2 Å². The second kappa shape index (κ2) is 9.39. The number of nitrogens with one attached hydrogen (secondary N) is 2.